The Morgan fingerprint density at radius 2 is 1.71 bits per heavy atom. The number of amides is 1. The lowest BCUT2D eigenvalue weighted by Gasteiger charge is -2.42. The summed E-state index contributed by atoms with van der Waals surface area (Å²) in [5.74, 6) is 0.140. The average Bonchev–Trinajstić information content (AvgIpc) is 3.79. The number of hydrogen-bond acceptors (Lipinski definition) is 6. The van der Waals surface area contributed by atoms with E-state index in [0.29, 0.717) is 24.4 Å². The first kappa shape index (κ1) is 27.2. The molecular formula is C32H37N5O4S. The lowest BCUT2D eigenvalue weighted by atomic mass is 9.94. The molecule has 3 aliphatic rings. The minimum Gasteiger partial charge on any atom is -0.448 e. The van der Waals surface area contributed by atoms with Gasteiger partial charge in [-0.3, -0.25) is 9.69 Å². The molecule has 3 aliphatic heterocycles. The summed E-state index contributed by atoms with van der Waals surface area (Å²) in [6.07, 6.45) is 5.42. The molecule has 2 aromatic carbocycles. The van der Waals surface area contributed by atoms with Crippen LogP contribution in [-0.2, 0) is 16.4 Å². The summed E-state index contributed by atoms with van der Waals surface area (Å²) in [6.45, 7) is 7.07. The molecule has 1 atom stereocenters. The number of hydrogen-bond donors (Lipinski definition) is 1. The molecule has 1 amide bonds. The van der Waals surface area contributed by atoms with Crippen LogP contribution in [0.15, 0.2) is 70.3 Å². The molecule has 42 heavy (non-hydrogen) atoms. The van der Waals surface area contributed by atoms with Crippen molar-refractivity contribution >= 4 is 38.2 Å². The first-order valence-electron chi connectivity index (χ1n) is 15.0. The number of sulfonamides is 1. The number of aromatic nitrogens is 1. The summed E-state index contributed by atoms with van der Waals surface area (Å²) < 4.78 is 33.6. The molecule has 2 aromatic heterocycles. The number of anilines is 2. The van der Waals surface area contributed by atoms with Crippen molar-refractivity contribution in [1.29, 1.82) is 0 Å². The number of benzene rings is 2. The quantitative estimate of drug-likeness (QED) is 0.354. The molecule has 0 saturated carbocycles. The number of furan rings is 1. The third-order valence-corrected chi connectivity index (χ3v) is 10.9. The van der Waals surface area contributed by atoms with Crippen molar-refractivity contribution in [1.82, 2.24) is 14.2 Å². The van der Waals surface area contributed by atoms with Crippen molar-refractivity contribution < 1.29 is 17.6 Å². The van der Waals surface area contributed by atoms with Gasteiger partial charge in [0.05, 0.1) is 11.6 Å². The van der Waals surface area contributed by atoms with Crippen molar-refractivity contribution in [2.75, 3.05) is 55.6 Å². The van der Waals surface area contributed by atoms with E-state index in [-0.39, 0.29) is 17.0 Å². The molecule has 4 aromatic rings. The van der Waals surface area contributed by atoms with Crippen LogP contribution >= 0.6 is 0 Å². The van der Waals surface area contributed by atoms with Gasteiger partial charge in [-0.05, 0) is 62.4 Å². The zero-order chi connectivity index (χ0) is 28.8. The number of H-pyrrole nitrogens is 1. The van der Waals surface area contributed by atoms with Crippen LogP contribution in [0.5, 0.6) is 0 Å². The number of aromatic amines is 1. The molecule has 220 valence electrons. The SMILES string of the molecule is Cc1oc(S(=O)(=O)N2CCCC2)cc1C(=O)N1c2ccccc2CCC1CN1CCN(c2cccc3[nH]ccc23)CC1. The Balaban J connectivity index is 1.12. The zero-order valence-electron chi connectivity index (χ0n) is 24.0. The molecule has 10 heteroatoms. The summed E-state index contributed by atoms with van der Waals surface area (Å²) in [5, 5.41) is 1.11. The van der Waals surface area contributed by atoms with E-state index in [0.717, 1.165) is 75.2 Å². The standard InChI is InChI=1S/C32H37N5O4S/c1-23-27(21-31(41-23)42(39,40)36-15-4-5-16-36)32(38)37-25(12-11-24-7-2-3-9-29(24)37)22-34-17-19-35(20-18-34)30-10-6-8-28-26(30)13-14-33-28/h2-3,6-10,13-14,21,25,33H,4-5,11-12,15-20,22H2,1H3. The number of carbonyl (C=O) groups excluding carboxylic acids is 1. The molecule has 9 nitrogen and oxygen atoms in total. The highest BCUT2D eigenvalue weighted by atomic mass is 32.2. The number of para-hydroxylation sites is 1. The Hall–Kier alpha value is -3.60. The van der Waals surface area contributed by atoms with Crippen LogP contribution in [0.3, 0.4) is 0 Å². The number of nitrogens with one attached hydrogen (secondary N) is 1. The number of piperazine rings is 1. The summed E-state index contributed by atoms with van der Waals surface area (Å²) in [4.78, 5) is 24.4. The van der Waals surface area contributed by atoms with Crippen LogP contribution in [0.25, 0.3) is 10.9 Å². The molecule has 0 aliphatic carbocycles. The lowest BCUT2D eigenvalue weighted by Crippen LogP contribution is -2.54. The van der Waals surface area contributed by atoms with Crippen LogP contribution in [0.1, 0.15) is 40.9 Å². The third kappa shape index (κ3) is 4.81. The van der Waals surface area contributed by atoms with Gasteiger partial charge in [-0.15, -0.1) is 0 Å². The molecule has 2 fully saturated rings. The van der Waals surface area contributed by atoms with Gasteiger partial charge in [0.2, 0.25) is 5.09 Å². The van der Waals surface area contributed by atoms with Gasteiger partial charge in [-0.2, -0.15) is 4.31 Å². The Kier molecular flexibility index (Phi) is 7.08. The van der Waals surface area contributed by atoms with Crippen LogP contribution in [0.4, 0.5) is 11.4 Å². The molecule has 0 spiro atoms. The molecule has 0 bridgehead atoms. The molecule has 5 heterocycles. The number of rotatable bonds is 6. The van der Waals surface area contributed by atoms with E-state index < -0.39 is 10.0 Å². The molecule has 1 unspecified atom stereocenters. The Morgan fingerprint density at radius 3 is 2.52 bits per heavy atom. The van der Waals surface area contributed by atoms with Crippen molar-refractivity contribution in [3.05, 3.63) is 77.7 Å². The van der Waals surface area contributed by atoms with Crippen LogP contribution in [0, 0.1) is 6.92 Å². The maximum atomic E-state index is 14.3. The summed E-state index contributed by atoms with van der Waals surface area (Å²) in [5.41, 5.74) is 4.76. The molecule has 0 radical (unpaired) electrons. The zero-order valence-corrected chi connectivity index (χ0v) is 24.8. The van der Waals surface area contributed by atoms with Gasteiger partial charge in [-0.25, -0.2) is 8.42 Å². The normalized spacial score (nSPS) is 20.4. The highest BCUT2D eigenvalue weighted by molar-refractivity contribution is 7.89. The molecule has 2 saturated heterocycles. The average molecular weight is 588 g/mol. The van der Waals surface area contributed by atoms with E-state index in [1.807, 2.05) is 29.3 Å². The van der Waals surface area contributed by atoms with E-state index in [9.17, 15) is 13.2 Å². The second-order valence-electron chi connectivity index (χ2n) is 11.6. The fourth-order valence-electron chi connectivity index (χ4n) is 6.85. The van der Waals surface area contributed by atoms with Gasteiger partial charge in [0.15, 0.2) is 0 Å². The highest BCUT2D eigenvalue weighted by Crippen LogP contribution is 2.35. The predicted octanol–water partition coefficient (Wildman–Crippen LogP) is 4.64. The van der Waals surface area contributed by atoms with Gasteiger partial charge < -0.3 is 19.2 Å². The Bertz CT molecular complexity index is 1710. The van der Waals surface area contributed by atoms with E-state index in [2.05, 4.69) is 45.1 Å². The van der Waals surface area contributed by atoms with Gasteiger partial charge in [0.25, 0.3) is 15.9 Å². The predicted molar refractivity (Wildman–Crippen MR) is 164 cm³/mol. The number of fused-ring (bicyclic) bond motifs is 2. The first-order valence-corrected chi connectivity index (χ1v) is 16.4. The van der Waals surface area contributed by atoms with Crippen LogP contribution < -0.4 is 9.80 Å². The summed E-state index contributed by atoms with van der Waals surface area (Å²) in [6, 6.07) is 18.0. The van der Waals surface area contributed by atoms with E-state index in [1.165, 1.54) is 21.4 Å². The van der Waals surface area contributed by atoms with Gasteiger partial charge >= 0.3 is 0 Å². The number of aryl methyl sites for hydroxylation is 2. The Labute approximate surface area is 246 Å². The van der Waals surface area contributed by atoms with Crippen molar-refractivity contribution in [2.24, 2.45) is 0 Å². The Morgan fingerprint density at radius 1 is 0.952 bits per heavy atom. The molecular weight excluding hydrogens is 550 g/mol. The van der Waals surface area contributed by atoms with Crippen molar-refractivity contribution in [2.45, 2.75) is 43.7 Å². The molecule has 1 N–H and O–H groups in total. The number of nitrogens with zero attached hydrogens (tertiary/aromatic N) is 4. The minimum absolute atomic E-state index is 0.0278. The largest absolute Gasteiger partial charge is 0.448 e. The smallest absolute Gasteiger partial charge is 0.276 e. The maximum Gasteiger partial charge on any atom is 0.276 e. The van der Waals surface area contributed by atoms with Crippen LogP contribution in [-0.4, -0.2) is 80.4 Å². The second kappa shape index (κ2) is 10.9. The van der Waals surface area contributed by atoms with Crippen LogP contribution in [0.2, 0.25) is 0 Å². The maximum absolute atomic E-state index is 14.3. The third-order valence-electron chi connectivity index (χ3n) is 9.12. The lowest BCUT2D eigenvalue weighted by molar-refractivity contribution is 0.0961. The topological polar surface area (TPSA) is 93.1 Å². The number of carbonyl (C=O) groups is 1. The van der Waals surface area contributed by atoms with Gasteiger partial charge in [0.1, 0.15) is 5.76 Å². The summed E-state index contributed by atoms with van der Waals surface area (Å²) >= 11 is 0. The van der Waals surface area contributed by atoms with Crippen molar-refractivity contribution in [3.63, 3.8) is 0 Å². The monoisotopic (exact) mass is 587 g/mol. The van der Waals surface area contributed by atoms with Crippen molar-refractivity contribution in [3.8, 4) is 0 Å². The van der Waals surface area contributed by atoms with Gasteiger partial charge in [0, 0.05) is 80.4 Å². The van der Waals surface area contributed by atoms with E-state index in [1.54, 1.807) is 6.92 Å². The first-order chi connectivity index (χ1) is 20.4. The fourth-order valence-corrected chi connectivity index (χ4v) is 8.34. The minimum atomic E-state index is -3.76. The highest BCUT2D eigenvalue weighted by Gasteiger charge is 2.37. The molecule has 7 rings (SSSR count). The summed E-state index contributed by atoms with van der Waals surface area (Å²) in [7, 11) is -3.76. The fraction of sp³-hybridized carbons (Fsp3) is 0.406. The second-order valence-corrected chi connectivity index (χ2v) is 13.5. The van der Waals surface area contributed by atoms with Gasteiger partial charge in [-0.1, -0.05) is 24.3 Å². The van der Waals surface area contributed by atoms with E-state index in [4.69, 9.17) is 4.42 Å². The van der Waals surface area contributed by atoms with E-state index >= 15 is 0 Å².